The first-order valence-corrected chi connectivity index (χ1v) is 14.4. The van der Waals surface area contributed by atoms with Gasteiger partial charge in [-0.25, -0.2) is 23.5 Å². The van der Waals surface area contributed by atoms with Crippen molar-refractivity contribution in [2.45, 2.75) is 90.0 Å². The third-order valence-electron chi connectivity index (χ3n) is 8.54. The largest absolute Gasteiger partial charge is 0.497 e. The van der Waals surface area contributed by atoms with Gasteiger partial charge < -0.3 is 29.2 Å². The maximum atomic E-state index is 15.8. The Morgan fingerprint density at radius 1 is 1.10 bits per heavy atom. The maximum absolute atomic E-state index is 15.8. The molecule has 3 heterocycles. The van der Waals surface area contributed by atoms with E-state index in [1.54, 1.807) is 25.1 Å². The van der Waals surface area contributed by atoms with Crippen molar-refractivity contribution in [1.29, 1.82) is 0 Å². The lowest BCUT2D eigenvalue weighted by Crippen LogP contribution is -2.56. The molecule has 0 spiro atoms. The second-order valence-electron chi connectivity index (χ2n) is 12.6. The smallest absolute Gasteiger partial charge is 0.408 e. The molecule has 2 fully saturated rings. The average Bonchev–Trinajstić information content (AvgIpc) is 3.60. The summed E-state index contributed by atoms with van der Waals surface area (Å²) in [7, 11) is 1.50. The van der Waals surface area contributed by atoms with Gasteiger partial charge in [0.25, 0.3) is 0 Å². The number of benzene rings is 1. The quantitative estimate of drug-likeness (QED) is 0.510. The number of nitrogens with one attached hydrogen (secondary N) is 1. The fourth-order valence-electron chi connectivity index (χ4n) is 5.80. The lowest BCUT2D eigenvalue weighted by Gasteiger charge is -2.34. The second kappa shape index (κ2) is 11.6. The van der Waals surface area contributed by atoms with Crippen molar-refractivity contribution in [2.75, 3.05) is 13.7 Å². The molecule has 2 amide bonds. The van der Waals surface area contributed by atoms with Gasteiger partial charge in [-0.05, 0) is 42.7 Å². The Balaban J connectivity index is 1.54. The number of alkyl carbamates (subject to hydrolysis) is 1. The van der Waals surface area contributed by atoms with Gasteiger partial charge >= 0.3 is 6.09 Å². The van der Waals surface area contributed by atoms with Crippen LogP contribution in [0.3, 0.4) is 0 Å². The number of fused-ring (bicyclic) bond motifs is 5. The summed E-state index contributed by atoms with van der Waals surface area (Å²) in [6.45, 7) is 7.13. The highest BCUT2D eigenvalue weighted by molar-refractivity contribution is 5.89. The Bertz CT molecular complexity index is 1350. The number of nitrogens with zero attached hydrogens (tertiary/aromatic N) is 3. The van der Waals surface area contributed by atoms with Crippen LogP contribution in [0.2, 0.25) is 0 Å². The van der Waals surface area contributed by atoms with Gasteiger partial charge in [-0.3, -0.25) is 4.79 Å². The molecule has 3 aliphatic rings. The van der Waals surface area contributed by atoms with Crippen molar-refractivity contribution in [3.8, 4) is 11.6 Å². The minimum atomic E-state index is -2.11. The molecule has 1 aromatic heterocycles. The number of hydrogen-bond acceptors (Lipinski definition) is 8. The van der Waals surface area contributed by atoms with E-state index in [1.165, 1.54) is 12.0 Å². The van der Waals surface area contributed by atoms with Crippen molar-refractivity contribution in [3.63, 3.8) is 0 Å². The molecule has 8 atom stereocenters. The molecule has 2 aliphatic heterocycles. The minimum Gasteiger partial charge on any atom is -0.497 e. The fourth-order valence-corrected chi connectivity index (χ4v) is 5.80. The van der Waals surface area contributed by atoms with Crippen molar-refractivity contribution < 1.29 is 37.4 Å². The summed E-state index contributed by atoms with van der Waals surface area (Å²) in [5.74, 6) is -0.647. The number of halogens is 2. The standard InChI is InChI=1S/C30H38F2N4O6/c1-15-21(14-37)36-13-23(15)41-27-25(33-19-10-9-17(40-5)12-20(19)34-27)24(32)18(31)8-6-7-16-11-22(16)42-29(39)35-26(28(36)38)30(2,3)4/h9-10,12,14-16,18,21-24,26H,6-8,11,13H2,1-5H3,(H,35,39)/t15?,16-,18?,21-,22-,23+,24?,26-/m1/s1. The third-order valence-corrected chi connectivity index (χ3v) is 8.54. The van der Waals surface area contributed by atoms with Crippen LogP contribution in [0, 0.1) is 17.3 Å². The van der Waals surface area contributed by atoms with Crippen LogP contribution in [0.1, 0.15) is 65.2 Å². The number of amides is 2. The molecule has 3 unspecified atom stereocenters. The predicted octanol–water partition coefficient (Wildman–Crippen LogP) is 4.49. The van der Waals surface area contributed by atoms with E-state index in [0.717, 1.165) is 0 Å². The van der Waals surface area contributed by atoms with E-state index in [9.17, 15) is 14.4 Å². The number of carbonyl (C=O) groups excluding carboxylic acids is 3. The number of aldehydes is 1. The molecule has 5 rings (SSSR count). The molecule has 1 N–H and O–H groups in total. The molecule has 1 aromatic carbocycles. The maximum Gasteiger partial charge on any atom is 0.408 e. The van der Waals surface area contributed by atoms with Crippen LogP contribution < -0.4 is 14.8 Å². The Morgan fingerprint density at radius 3 is 2.55 bits per heavy atom. The van der Waals surface area contributed by atoms with Gasteiger partial charge in [0.05, 0.1) is 30.7 Å². The minimum absolute atomic E-state index is 0.0370. The zero-order chi connectivity index (χ0) is 30.3. The summed E-state index contributed by atoms with van der Waals surface area (Å²) in [5, 5.41) is 2.72. The van der Waals surface area contributed by atoms with Crippen LogP contribution in [-0.4, -0.2) is 77.3 Å². The third kappa shape index (κ3) is 5.98. The number of ether oxygens (including phenoxy) is 3. The Morgan fingerprint density at radius 2 is 1.86 bits per heavy atom. The van der Waals surface area contributed by atoms with Gasteiger partial charge in [-0.2, -0.15) is 0 Å². The summed E-state index contributed by atoms with van der Waals surface area (Å²) in [4.78, 5) is 49.2. The van der Waals surface area contributed by atoms with Crippen LogP contribution in [0.15, 0.2) is 18.2 Å². The zero-order valence-corrected chi connectivity index (χ0v) is 24.5. The Hall–Kier alpha value is -3.57. The topological polar surface area (TPSA) is 120 Å². The van der Waals surface area contributed by atoms with Crippen molar-refractivity contribution >= 4 is 29.3 Å². The Labute approximate surface area is 243 Å². The first kappa shape index (κ1) is 29.9. The van der Waals surface area contributed by atoms with Gasteiger partial charge in [-0.1, -0.05) is 34.1 Å². The van der Waals surface area contributed by atoms with E-state index in [-0.39, 0.29) is 36.6 Å². The number of rotatable bonds is 2. The van der Waals surface area contributed by atoms with E-state index >= 15 is 8.78 Å². The number of carbonyl (C=O) groups is 3. The molecule has 2 bridgehead atoms. The van der Waals surface area contributed by atoms with Crippen molar-refractivity contribution in [3.05, 3.63) is 23.9 Å². The summed E-state index contributed by atoms with van der Waals surface area (Å²) < 4.78 is 48.1. The molecular formula is C30H38F2N4O6. The molecule has 42 heavy (non-hydrogen) atoms. The summed E-state index contributed by atoms with van der Waals surface area (Å²) >= 11 is 0. The van der Waals surface area contributed by atoms with Gasteiger partial charge in [0, 0.05) is 12.0 Å². The normalized spacial score (nSPS) is 32.4. The molecule has 228 valence electrons. The molecule has 10 nitrogen and oxygen atoms in total. The van der Waals surface area contributed by atoms with Crippen LogP contribution in [0.25, 0.3) is 11.0 Å². The molecule has 2 aromatic rings. The molecule has 1 saturated heterocycles. The highest BCUT2D eigenvalue weighted by Crippen LogP contribution is 2.41. The SMILES string of the molecule is COc1ccc2nc3c(nc2c1)O[C@H]1CN(C(=O)[C@H](C(C)(C)C)NC(=O)O[C@@H]2C[C@H]2CCCC(F)C3F)[C@H](C=O)C1C. The zero-order valence-electron chi connectivity index (χ0n) is 24.5. The average molecular weight is 589 g/mol. The first-order valence-electron chi connectivity index (χ1n) is 14.4. The van der Waals surface area contributed by atoms with E-state index < -0.39 is 53.9 Å². The lowest BCUT2D eigenvalue weighted by atomic mass is 9.85. The molecule has 12 heteroatoms. The molecule has 1 aliphatic carbocycles. The molecule has 0 radical (unpaired) electrons. The van der Waals surface area contributed by atoms with E-state index in [4.69, 9.17) is 14.2 Å². The highest BCUT2D eigenvalue weighted by atomic mass is 19.2. The van der Waals surface area contributed by atoms with Crippen LogP contribution >= 0.6 is 0 Å². The van der Waals surface area contributed by atoms with Crippen molar-refractivity contribution in [1.82, 2.24) is 20.2 Å². The van der Waals surface area contributed by atoms with Crippen LogP contribution in [0.4, 0.5) is 13.6 Å². The number of aromatic nitrogens is 2. The number of alkyl halides is 2. The number of methoxy groups -OCH3 is 1. The number of hydrogen-bond donors (Lipinski definition) is 1. The van der Waals surface area contributed by atoms with Gasteiger partial charge in [0.1, 0.15) is 42.2 Å². The predicted molar refractivity (Wildman–Crippen MR) is 149 cm³/mol. The first-order chi connectivity index (χ1) is 19.9. The van der Waals surface area contributed by atoms with Crippen LogP contribution in [-0.2, 0) is 14.3 Å². The van der Waals surface area contributed by atoms with Gasteiger partial charge in [-0.15, -0.1) is 0 Å². The lowest BCUT2D eigenvalue weighted by molar-refractivity contribution is -0.139. The summed E-state index contributed by atoms with van der Waals surface area (Å²) in [5.41, 5.74) is -0.269. The molecule has 1 saturated carbocycles. The summed E-state index contributed by atoms with van der Waals surface area (Å²) in [6.07, 6.45) is -3.66. The summed E-state index contributed by atoms with van der Waals surface area (Å²) in [6, 6.07) is 3.01. The van der Waals surface area contributed by atoms with Gasteiger partial charge in [0.15, 0.2) is 6.17 Å². The fraction of sp³-hybridized carbons (Fsp3) is 0.633. The van der Waals surface area contributed by atoms with Crippen molar-refractivity contribution in [2.24, 2.45) is 17.3 Å². The molecular weight excluding hydrogens is 550 g/mol. The van der Waals surface area contributed by atoms with E-state index in [1.807, 2.05) is 20.8 Å². The Kier molecular flexibility index (Phi) is 8.26. The monoisotopic (exact) mass is 588 g/mol. The van der Waals surface area contributed by atoms with Crippen LogP contribution in [0.5, 0.6) is 11.6 Å². The highest BCUT2D eigenvalue weighted by Gasteiger charge is 2.48. The van der Waals surface area contributed by atoms with E-state index in [0.29, 0.717) is 42.3 Å². The van der Waals surface area contributed by atoms with Gasteiger partial charge in [0.2, 0.25) is 11.8 Å². The second-order valence-corrected chi connectivity index (χ2v) is 12.6. The van der Waals surface area contributed by atoms with E-state index in [2.05, 4.69) is 15.3 Å².